The topological polar surface area (TPSA) is 79.8 Å². The Labute approximate surface area is 159 Å². The van der Waals surface area contributed by atoms with Gasteiger partial charge in [-0.2, -0.15) is 5.26 Å². The fourth-order valence-corrected chi connectivity index (χ4v) is 3.72. The van der Waals surface area contributed by atoms with Crippen LogP contribution in [0.3, 0.4) is 0 Å². The molecule has 27 heavy (non-hydrogen) atoms. The van der Waals surface area contributed by atoms with Gasteiger partial charge in [0, 0.05) is 10.4 Å². The highest BCUT2D eigenvalue weighted by Gasteiger charge is 2.17. The van der Waals surface area contributed by atoms with Crippen molar-refractivity contribution in [2.75, 3.05) is 0 Å². The molecule has 0 unspecified atom stereocenters. The lowest BCUT2D eigenvalue weighted by Crippen LogP contribution is -1.91. The molecule has 0 saturated carbocycles. The molecule has 0 atom stereocenters. The number of ketones is 1. The Balaban J connectivity index is 1.74. The maximum Gasteiger partial charge on any atom is 0.170 e. The molecule has 0 aliphatic heterocycles. The lowest BCUT2D eigenvalue weighted by Gasteiger charge is -2.01. The zero-order valence-electron chi connectivity index (χ0n) is 14.3. The van der Waals surface area contributed by atoms with Crippen LogP contribution >= 0.6 is 11.3 Å². The first-order valence-electron chi connectivity index (χ1n) is 8.20. The van der Waals surface area contributed by atoms with Gasteiger partial charge in [0.1, 0.15) is 11.8 Å². The molecule has 0 aliphatic carbocycles. The molecule has 4 aromatic rings. The Morgan fingerprint density at radius 1 is 1.07 bits per heavy atom. The van der Waals surface area contributed by atoms with Crippen molar-refractivity contribution in [3.05, 3.63) is 65.0 Å². The first kappa shape index (κ1) is 16.9. The number of thiophene rings is 1. The summed E-state index contributed by atoms with van der Waals surface area (Å²) in [5.74, 6) is -0.257. The van der Waals surface area contributed by atoms with Gasteiger partial charge in [-0.05, 0) is 52.3 Å². The molecule has 0 amide bonds. The number of benzene rings is 2. The van der Waals surface area contributed by atoms with Crippen LogP contribution in [0.4, 0.5) is 0 Å². The second-order valence-electron chi connectivity index (χ2n) is 5.95. The number of carbonyl (C=O) groups excluding carboxylic acids is 1. The number of rotatable bonds is 4. The monoisotopic (exact) mass is 371 g/mol. The lowest BCUT2D eigenvalue weighted by molar-refractivity contribution is -0.113. The summed E-state index contributed by atoms with van der Waals surface area (Å²) in [5, 5.41) is 19.5. The third-order valence-electron chi connectivity index (χ3n) is 4.16. The fraction of sp³-hybridized carbons (Fsp3) is 0.0476. The minimum Gasteiger partial charge on any atom is -0.294 e. The van der Waals surface area contributed by atoms with Gasteiger partial charge < -0.3 is 0 Å². The van der Waals surface area contributed by atoms with Crippen LogP contribution in [0.2, 0.25) is 0 Å². The average molecular weight is 371 g/mol. The SMILES string of the molecule is CC(=O)/C(C#N)=C/c1ccc(-c2nonc2-c2ccc3ccccc3c2)s1. The van der Waals surface area contributed by atoms with E-state index in [1.165, 1.54) is 18.3 Å². The third-order valence-corrected chi connectivity index (χ3v) is 5.20. The smallest absolute Gasteiger partial charge is 0.170 e. The summed E-state index contributed by atoms with van der Waals surface area (Å²) in [7, 11) is 0. The molecule has 0 N–H and O–H groups in total. The molecular weight excluding hydrogens is 358 g/mol. The van der Waals surface area contributed by atoms with E-state index in [9.17, 15) is 4.79 Å². The van der Waals surface area contributed by atoms with E-state index in [0.717, 1.165) is 26.1 Å². The molecule has 2 aromatic carbocycles. The number of aromatic nitrogens is 2. The molecule has 0 radical (unpaired) electrons. The van der Waals surface area contributed by atoms with Crippen LogP contribution in [0.5, 0.6) is 0 Å². The van der Waals surface area contributed by atoms with E-state index in [1.807, 2.05) is 48.5 Å². The largest absolute Gasteiger partial charge is 0.294 e. The van der Waals surface area contributed by atoms with Crippen LogP contribution in [-0.4, -0.2) is 16.1 Å². The molecular formula is C21H13N3O2S. The minimum absolute atomic E-state index is 0.122. The zero-order chi connectivity index (χ0) is 18.8. The zero-order valence-corrected chi connectivity index (χ0v) is 15.2. The quantitative estimate of drug-likeness (QED) is 0.368. The Kier molecular flexibility index (Phi) is 4.37. The van der Waals surface area contributed by atoms with Crippen molar-refractivity contribution in [3.8, 4) is 27.9 Å². The van der Waals surface area contributed by atoms with Crippen LogP contribution in [0.1, 0.15) is 11.8 Å². The van der Waals surface area contributed by atoms with E-state index in [4.69, 9.17) is 9.89 Å². The van der Waals surface area contributed by atoms with Gasteiger partial charge in [0.25, 0.3) is 0 Å². The fourth-order valence-electron chi connectivity index (χ4n) is 2.79. The molecule has 6 heteroatoms. The van der Waals surface area contributed by atoms with E-state index in [0.29, 0.717) is 11.4 Å². The molecule has 0 saturated heterocycles. The number of Topliss-reactive ketones (excluding diaryl/α,β-unsaturated/α-hetero) is 1. The van der Waals surface area contributed by atoms with E-state index >= 15 is 0 Å². The lowest BCUT2D eigenvalue weighted by atomic mass is 10.0. The molecule has 4 rings (SSSR count). The van der Waals surface area contributed by atoms with Crippen LogP contribution in [0.15, 0.2) is 64.8 Å². The molecule has 0 fully saturated rings. The van der Waals surface area contributed by atoms with Gasteiger partial charge in [-0.1, -0.05) is 36.4 Å². The van der Waals surface area contributed by atoms with Crippen LogP contribution in [-0.2, 0) is 4.79 Å². The molecule has 0 spiro atoms. The van der Waals surface area contributed by atoms with Crippen molar-refractivity contribution in [1.29, 1.82) is 5.26 Å². The molecule has 0 bridgehead atoms. The van der Waals surface area contributed by atoms with Crippen LogP contribution < -0.4 is 0 Å². The predicted octanol–water partition coefficient (Wildman–Crippen LogP) is 5.11. The standard InChI is InChI=1S/C21H13N3O2S/c1-13(25)17(12-22)11-18-8-9-19(27-18)21-20(23-26-24-21)16-7-6-14-4-2-3-5-15(14)10-16/h2-11H,1H3/b17-11+. The van der Waals surface area contributed by atoms with Crippen molar-refractivity contribution in [3.63, 3.8) is 0 Å². The summed E-state index contributed by atoms with van der Waals surface area (Å²) in [6, 6.07) is 19.8. The van der Waals surface area contributed by atoms with E-state index in [-0.39, 0.29) is 11.4 Å². The molecule has 2 heterocycles. The number of hydrogen-bond acceptors (Lipinski definition) is 6. The number of nitriles is 1. The van der Waals surface area contributed by atoms with Gasteiger partial charge in [-0.15, -0.1) is 11.3 Å². The molecule has 2 aromatic heterocycles. The summed E-state index contributed by atoms with van der Waals surface area (Å²) < 4.78 is 5.00. The van der Waals surface area contributed by atoms with Gasteiger partial charge >= 0.3 is 0 Å². The second-order valence-corrected chi connectivity index (χ2v) is 7.07. The summed E-state index contributed by atoms with van der Waals surface area (Å²) >= 11 is 1.42. The Bertz CT molecular complexity index is 1230. The van der Waals surface area contributed by atoms with Gasteiger partial charge in [0.05, 0.1) is 10.5 Å². The normalized spacial score (nSPS) is 11.5. The Morgan fingerprint density at radius 3 is 2.63 bits per heavy atom. The minimum atomic E-state index is -0.257. The first-order valence-corrected chi connectivity index (χ1v) is 9.02. The van der Waals surface area contributed by atoms with Crippen molar-refractivity contribution in [2.45, 2.75) is 6.92 Å². The summed E-state index contributed by atoms with van der Waals surface area (Å²) in [5.41, 5.74) is 2.33. The van der Waals surface area contributed by atoms with Crippen molar-refractivity contribution in [2.24, 2.45) is 0 Å². The van der Waals surface area contributed by atoms with Gasteiger partial charge in [0.2, 0.25) is 0 Å². The highest BCUT2D eigenvalue weighted by Crippen LogP contribution is 2.35. The number of allylic oxidation sites excluding steroid dienone is 1. The second kappa shape index (κ2) is 6.98. The summed E-state index contributed by atoms with van der Waals surface area (Å²) in [6.45, 7) is 1.38. The summed E-state index contributed by atoms with van der Waals surface area (Å²) in [4.78, 5) is 13.1. The van der Waals surface area contributed by atoms with Crippen molar-refractivity contribution >= 4 is 34.0 Å². The molecule has 130 valence electrons. The van der Waals surface area contributed by atoms with Gasteiger partial charge in [0.15, 0.2) is 11.5 Å². The average Bonchev–Trinajstić information content (AvgIpc) is 3.34. The van der Waals surface area contributed by atoms with Crippen LogP contribution in [0.25, 0.3) is 38.7 Å². The van der Waals surface area contributed by atoms with E-state index in [1.54, 1.807) is 6.08 Å². The maximum atomic E-state index is 11.4. The summed E-state index contributed by atoms with van der Waals surface area (Å²) in [6.07, 6.45) is 1.58. The van der Waals surface area contributed by atoms with Gasteiger partial charge in [-0.3, -0.25) is 4.79 Å². The highest BCUT2D eigenvalue weighted by molar-refractivity contribution is 7.16. The van der Waals surface area contributed by atoms with Crippen molar-refractivity contribution in [1.82, 2.24) is 10.3 Å². The van der Waals surface area contributed by atoms with Gasteiger partial charge in [-0.25, -0.2) is 4.63 Å². The van der Waals surface area contributed by atoms with Crippen LogP contribution in [0, 0.1) is 11.3 Å². The Hall–Kier alpha value is -3.56. The predicted molar refractivity (Wildman–Crippen MR) is 105 cm³/mol. The number of nitrogens with zero attached hydrogens (tertiary/aromatic N) is 3. The molecule has 0 aliphatic rings. The van der Waals surface area contributed by atoms with Crippen molar-refractivity contribution < 1.29 is 9.42 Å². The Morgan fingerprint density at radius 2 is 1.85 bits per heavy atom. The van der Waals surface area contributed by atoms with E-state index < -0.39 is 0 Å². The molecule has 5 nitrogen and oxygen atoms in total. The third kappa shape index (κ3) is 3.28. The number of hydrogen-bond donors (Lipinski definition) is 0. The maximum absolute atomic E-state index is 11.4. The first-order chi connectivity index (χ1) is 13.2. The number of fused-ring (bicyclic) bond motifs is 1. The highest BCUT2D eigenvalue weighted by atomic mass is 32.1. The van der Waals surface area contributed by atoms with E-state index in [2.05, 4.69) is 22.4 Å². The number of carbonyl (C=O) groups is 1.